The topological polar surface area (TPSA) is 70.7 Å². The molecule has 0 atom stereocenters. The average Bonchev–Trinajstić information content (AvgIpc) is 2.28. The van der Waals surface area contributed by atoms with Crippen molar-refractivity contribution in [2.75, 3.05) is 26.9 Å². The Morgan fingerprint density at radius 2 is 2.23 bits per heavy atom. The molecule has 0 aliphatic carbocycles. The molecular weight excluding hydrogens is 174 g/mol. The third-order valence-corrected chi connectivity index (χ3v) is 2.36. The normalized spacial score (nSPS) is 24.8. The van der Waals surface area contributed by atoms with Crippen molar-refractivity contribution in [1.82, 2.24) is 15.5 Å². The predicted octanol–water partition coefficient (Wildman–Crippen LogP) is -1.52. The molecule has 0 unspecified atom stereocenters. The second-order valence-electron chi connectivity index (χ2n) is 3.27. The van der Waals surface area contributed by atoms with Crippen LogP contribution in [0.1, 0.15) is 0 Å². The van der Waals surface area contributed by atoms with E-state index in [1.165, 1.54) is 7.11 Å². The van der Waals surface area contributed by atoms with Gasteiger partial charge in [0, 0.05) is 20.2 Å². The number of imide groups is 1. The molecule has 13 heavy (non-hydrogen) atoms. The zero-order chi connectivity index (χ0) is 9.47. The van der Waals surface area contributed by atoms with Crippen molar-refractivity contribution in [1.29, 1.82) is 0 Å². The zero-order valence-corrected chi connectivity index (χ0v) is 7.29. The predicted molar refractivity (Wildman–Crippen MR) is 42.9 cm³/mol. The van der Waals surface area contributed by atoms with Gasteiger partial charge in [0.2, 0.25) is 0 Å². The van der Waals surface area contributed by atoms with Crippen molar-refractivity contribution in [2.45, 2.75) is 5.54 Å². The monoisotopic (exact) mass is 185 g/mol. The number of methoxy groups -OCH3 is 1. The third-order valence-electron chi connectivity index (χ3n) is 2.36. The molecule has 72 valence electrons. The highest BCUT2D eigenvalue weighted by molar-refractivity contribution is 6.07. The lowest BCUT2D eigenvalue weighted by Gasteiger charge is -2.35. The molecule has 2 N–H and O–H groups in total. The van der Waals surface area contributed by atoms with E-state index in [9.17, 15) is 9.59 Å². The summed E-state index contributed by atoms with van der Waals surface area (Å²) in [6, 6.07) is -0.367. The Labute approximate surface area is 75.2 Å². The summed E-state index contributed by atoms with van der Waals surface area (Å²) in [5, 5.41) is 5.60. The molecule has 2 aliphatic heterocycles. The van der Waals surface area contributed by atoms with Crippen LogP contribution in [-0.2, 0) is 9.53 Å². The Morgan fingerprint density at radius 1 is 1.54 bits per heavy atom. The van der Waals surface area contributed by atoms with Gasteiger partial charge in [-0.15, -0.1) is 0 Å². The fourth-order valence-corrected chi connectivity index (χ4v) is 1.54. The van der Waals surface area contributed by atoms with E-state index in [1.807, 2.05) is 0 Å². The van der Waals surface area contributed by atoms with Crippen molar-refractivity contribution >= 4 is 11.9 Å². The van der Waals surface area contributed by atoms with Gasteiger partial charge in [-0.2, -0.15) is 0 Å². The van der Waals surface area contributed by atoms with Crippen LogP contribution in [0.2, 0.25) is 0 Å². The van der Waals surface area contributed by atoms with Gasteiger partial charge in [-0.25, -0.2) is 9.69 Å². The van der Waals surface area contributed by atoms with E-state index < -0.39 is 5.54 Å². The van der Waals surface area contributed by atoms with Gasteiger partial charge < -0.3 is 15.4 Å². The van der Waals surface area contributed by atoms with Crippen LogP contribution < -0.4 is 10.6 Å². The smallest absolute Gasteiger partial charge is 0.327 e. The Morgan fingerprint density at radius 3 is 2.62 bits per heavy atom. The van der Waals surface area contributed by atoms with Gasteiger partial charge in [-0.05, 0) is 0 Å². The quantitative estimate of drug-likeness (QED) is 0.513. The van der Waals surface area contributed by atoms with Crippen LogP contribution in [0.3, 0.4) is 0 Å². The lowest BCUT2D eigenvalue weighted by Crippen LogP contribution is -2.69. The first kappa shape index (κ1) is 8.46. The lowest BCUT2D eigenvalue weighted by atomic mass is 9.93. The number of hydrogen-bond donors (Lipinski definition) is 2. The first-order chi connectivity index (χ1) is 6.19. The number of carbonyl (C=O) groups excluding carboxylic acids is 2. The van der Waals surface area contributed by atoms with E-state index in [0.29, 0.717) is 13.1 Å². The number of urea groups is 1. The fraction of sp³-hybridized carbons (Fsp3) is 0.714. The number of nitrogens with zero attached hydrogens (tertiary/aromatic N) is 1. The van der Waals surface area contributed by atoms with Gasteiger partial charge in [0.05, 0.1) is 0 Å². The number of carbonyl (C=O) groups is 2. The van der Waals surface area contributed by atoms with Crippen LogP contribution >= 0.6 is 0 Å². The summed E-state index contributed by atoms with van der Waals surface area (Å²) in [4.78, 5) is 24.0. The van der Waals surface area contributed by atoms with E-state index in [2.05, 4.69) is 10.6 Å². The molecule has 0 saturated carbocycles. The fourth-order valence-electron chi connectivity index (χ4n) is 1.54. The maximum absolute atomic E-state index is 11.6. The van der Waals surface area contributed by atoms with Gasteiger partial charge in [-0.1, -0.05) is 0 Å². The zero-order valence-electron chi connectivity index (χ0n) is 7.29. The number of amides is 3. The summed E-state index contributed by atoms with van der Waals surface area (Å²) >= 11 is 0. The molecule has 2 heterocycles. The molecule has 2 saturated heterocycles. The molecule has 6 nitrogen and oxygen atoms in total. The van der Waals surface area contributed by atoms with Crippen molar-refractivity contribution in [3.63, 3.8) is 0 Å². The number of rotatable bonds is 2. The van der Waals surface area contributed by atoms with Crippen molar-refractivity contribution in [2.24, 2.45) is 0 Å². The molecule has 2 rings (SSSR count). The average molecular weight is 185 g/mol. The van der Waals surface area contributed by atoms with Gasteiger partial charge >= 0.3 is 6.03 Å². The van der Waals surface area contributed by atoms with Crippen LogP contribution in [0.4, 0.5) is 4.79 Å². The van der Waals surface area contributed by atoms with E-state index in [1.54, 1.807) is 0 Å². The number of ether oxygens (including phenoxy) is 1. The molecule has 1 spiro atoms. The van der Waals surface area contributed by atoms with Crippen LogP contribution in [0.5, 0.6) is 0 Å². The van der Waals surface area contributed by atoms with E-state index in [0.717, 1.165) is 4.90 Å². The van der Waals surface area contributed by atoms with Gasteiger partial charge in [0.15, 0.2) is 0 Å². The molecule has 0 aromatic carbocycles. The number of nitrogens with one attached hydrogen (secondary N) is 2. The maximum atomic E-state index is 11.6. The summed E-state index contributed by atoms with van der Waals surface area (Å²) in [6.45, 7) is 1.04. The molecule has 2 fully saturated rings. The SMILES string of the molecule is COCN1C(=O)NC2(CNC2)C1=O. The molecular formula is C7H11N3O3. The van der Waals surface area contributed by atoms with E-state index in [-0.39, 0.29) is 18.7 Å². The highest BCUT2D eigenvalue weighted by atomic mass is 16.5. The number of hydrogen-bond acceptors (Lipinski definition) is 4. The minimum atomic E-state index is -0.685. The molecule has 0 aromatic rings. The second kappa shape index (κ2) is 2.68. The summed E-state index contributed by atoms with van der Waals surface area (Å²) in [5.41, 5.74) is -0.685. The highest BCUT2D eigenvalue weighted by Crippen LogP contribution is 2.21. The lowest BCUT2D eigenvalue weighted by molar-refractivity contribution is -0.136. The summed E-state index contributed by atoms with van der Waals surface area (Å²) in [5.74, 6) is -0.196. The molecule has 2 aliphatic rings. The minimum Gasteiger partial charge on any atom is -0.364 e. The summed E-state index contributed by atoms with van der Waals surface area (Å²) in [7, 11) is 1.45. The molecule has 0 bridgehead atoms. The van der Waals surface area contributed by atoms with E-state index >= 15 is 0 Å². The molecule has 0 radical (unpaired) electrons. The summed E-state index contributed by atoms with van der Waals surface area (Å²) in [6.07, 6.45) is 0. The Bertz CT molecular complexity index is 262. The highest BCUT2D eigenvalue weighted by Gasteiger charge is 2.54. The van der Waals surface area contributed by atoms with Crippen LogP contribution in [0, 0.1) is 0 Å². The van der Waals surface area contributed by atoms with Crippen molar-refractivity contribution in [3.8, 4) is 0 Å². The largest absolute Gasteiger partial charge is 0.364 e. The van der Waals surface area contributed by atoms with Crippen LogP contribution in [-0.4, -0.2) is 49.3 Å². The standard InChI is InChI=1S/C7H11N3O3/c1-13-4-10-5(11)7(2-8-3-7)9-6(10)12/h8H,2-4H2,1H3,(H,9,12). The van der Waals surface area contributed by atoms with Gasteiger partial charge in [0.25, 0.3) is 5.91 Å². The Balaban J connectivity index is 2.14. The maximum Gasteiger partial charge on any atom is 0.327 e. The van der Waals surface area contributed by atoms with Crippen LogP contribution in [0.15, 0.2) is 0 Å². The molecule has 0 aromatic heterocycles. The molecule has 6 heteroatoms. The van der Waals surface area contributed by atoms with E-state index in [4.69, 9.17) is 4.74 Å². The van der Waals surface area contributed by atoms with Crippen molar-refractivity contribution < 1.29 is 14.3 Å². The van der Waals surface area contributed by atoms with Crippen molar-refractivity contribution in [3.05, 3.63) is 0 Å². The first-order valence-corrected chi connectivity index (χ1v) is 4.03. The Hall–Kier alpha value is -1.14. The Kier molecular flexibility index (Phi) is 1.74. The third kappa shape index (κ3) is 1.02. The van der Waals surface area contributed by atoms with Crippen LogP contribution in [0.25, 0.3) is 0 Å². The first-order valence-electron chi connectivity index (χ1n) is 4.03. The second-order valence-corrected chi connectivity index (χ2v) is 3.27. The molecule has 3 amide bonds. The van der Waals surface area contributed by atoms with Gasteiger partial charge in [-0.3, -0.25) is 4.79 Å². The van der Waals surface area contributed by atoms with Gasteiger partial charge in [0.1, 0.15) is 12.3 Å². The summed E-state index contributed by atoms with van der Waals surface area (Å²) < 4.78 is 4.75. The minimum absolute atomic E-state index is 0.0203.